The zero-order valence-electron chi connectivity index (χ0n) is 23.7. The summed E-state index contributed by atoms with van der Waals surface area (Å²) in [6, 6.07) is 19.7. The molecule has 3 heterocycles. The van der Waals surface area contributed by atoms with Crippen LogP contribution in [0.5, 0.6) is 5.75 Å². The van der Waals surface area contributed by atoms with Crippen LogP contribution in [-0.4, -0.2) is 45.2 Å². The molecule has 1 aromatic heterocycles. The molecule has 6 rings (SSSR count). The maximum Gasteiger partial charge on any atom is 0.338 e. The van der Waals surface area contributed by atoms with E-state index < -0.39 is 33.8 Å². The molecule has 12 heteroatoms. The van der Waals surface area contributed by atoms with Crippen molar-refractivity contribution in [2.45, 2.75) is 36.6 Å². The number of anilines is 2. The third-order valence-corrected chi connectivity index (χ3v) is 10.2. The number of phenols is 1. The van der Waals surface area contributed by atoms with Crippen LogP contribution in [0.25, 0.3) is 0 Å². The number of imide groups is 1. The largest absolute Gasteiger partial charge is 0.508 e. The van der Waals surface area contributed by atoms with Gasteiger partial charge < -0.3 is 15.2 Å². The molecule has 0 radical (unpaired) electrons. The van der Waals surface area contributed by atoms with Crippen LogP contribution >= 0.6 is 23.1 Å². The number of aromatic nitrogens is 1. The molecule has 4 aromatic rings. The van der Waals surface area contributed by atoms with Gasteiger partial charge in [0, 0.05) is 16.5 Å². The van der Waals surface area contributed by atoms with Crippen molar-refractivity contribution in [3.63, 3.8) is 0 Å². The molecule has 0 saturated carbocycles. The van der Waals surface area contributed by atoms with Crippen molar-refractivity contribution < 1.29 is 29.0 Å². The van der Waals surface area contributed by atoms with Crippen LogP contribution in [0.2, 0.25) is 0 Å². The molecule has 2 aliphatic rings. The topological polar surface area (TPSA) is 135 Å². The molecule has 0 bridgehead atoms. The highest BCUT2D eigenvalue weighted by molar-refractivity contribution is 8.00. The van der Waals surface area contributed by atoms with Gasteiger partial charge in [-0.1, -0.05) is 52.9 Å². The molecule has 0 aliphatic carbocycles. The van der Waals surface area contributed by atoms with Crippen molar-refractivity contribution in [2.24, 2.45) is 5.92 Å². The Kier molecular flexibility index (Phi) is 7.87. The number of hydrogen-bond donors (Lipinski definition) is 2. The molecule has 3 amide bonds. The fraction of sp³-hybridized carbons (Fsp3) is 0.219. The first-order valence-corrected chi connectivity index (χ1v) is 15.6. The van der Waals surface area contributed by atoms with Gasteiger partial charge in [-0.2, -0.15) is 0 Å². The Morgan fingerprint density at radius 1 is 0.932 bits per heavy atom. The lowest BCUT2D eigenvalue weighted by Gasteiger charge is -2.30. The smallest absolute Gasteiger partial charge is 0.338 e. The van der Waals surface area contributed by atoms with E-state index in [4.69, 9.17) is 4.74 Å². The van der Waals surface area contributed by atoms with Crippen molar-refractivity contribution in [1.82, 2.24) is 4.57 Å². The standard InChI is InChI=1S/C32H27N3O7S2/c1-3-42-31(40)19-6-10-20(11-7-19)33-23(37)16-34-30-27(44-32(34)41)24(18-8-14-22(36)15-9-18)25-26(43-30)29(39)35(28(25)38)21-12-4-17(2)5-13-21/h4-15,24-26,36H,3,16H2,1-2H3,(H,33,37)/t24-,25?,26?/m0/s1. The maximum absolute atomic E-state index is 13.9. The fourth-order valence-corrected chi connectivity index (χ4v) is 8.27. The van der Waals surface area contributed by atoms with Gasteiger partial charge in [0.2, 0.25) is 17.7 Å². The first kappa shape index (κ1) is 29.4. The Labute approximate surface area is 260 Å². The SMILES string of the molecule is CCOC(=O)c1ccc(NC(=O)Cn2c3c(sc2=O)[C@@H](c2ccc(O)cc2)C2C(=O)N(c4ccc(C)cc4)C(=O)C2S3)cc1. The molecular weight excluding hydrogens is 603 g/mol. The van der Waals surface area contributed by atoms with Gasteiger partial charge in [0.1, 0.15) is 17.5 Å². The molecule has 3 atom stereocenters. The minimum absolute atomic E-state index is 0.0449. The highest BCUT2D eigenvalue weighted by atomic mass is 32.2. The molecule has 0 spiro atoms. The Hall–Kier alpha value is -4.68. The minimum atomic E-state index is -0.825. The number of fused-ring (bicyclic) bond motifs is 2. The first-order valence-electron chi connectivity index (χ1n) is 13.9. The summed E-state index contributed by atoms with van der Waals surface area (Å²) in [5, 5.41) is 12.3. The maximum atomic E-state index is 13.9. The van der Waals surface area contributed by atoms with Gasteiger partial charge in [-0.3, -0.25) is 23.7 Å². The quantitative estimate of drug-likeness (QED) is 0.225. The summed E-state index contributed by atoms with van der Waals surface area (Å²) < 4.78 is 6.32. The summed E-state index contributed by atoms with van der Waals surface area (Å²) in [5.41, 5.74) is 2.90. The number of ether oxygens (including phenoxy) is 1. The third-order valence-electron chi connectivity index (χ3n) is 7.58. The summed E-state index contributed by atoms with van der Waals surface area (Å²) in [4.78, 5) is 67.5. The molecule has 44 heavy (non-hydrogen) atoms. The number of phenolic OH excluding ortho intramolecular Hbond substituents is 1. The van der Waals surface area contributed by atoms with Gasteiger partial charge in [0.15, 0.2) is 0 Å². The summed E-state index contributed by atoms with van der Waals surface area (Å²) in [6.07, 6.45) is 0. The average Bonchev–Trinajstić information content (AvgIpc) is 3.45. The molecular formula is C32H27N3O7S2. The zero-order valence-corrected chi connectivity index (χ0v) is 25.3. The monoisotopic (exact) mass is 629 g/mol. The lowest BCUT2D eigenvalue weighted by molar-refractivity contribution is -0.122. The Morgan fingerprint density at radius 3 is 2.27 bits per heavy atom. The number of carbonyl (C=O) groups is 4. The number of nitrogens with one attached hydrogen (secondary N) is 1. The lowest BCUT2D eigenvalue weighted by atomic mass is 9.83. The average molecular weight is 630 g/mol. The van der Waals surface area contributed by atoms with Crippen molar-refractivity contribution in [3.05, 3.63) is 104 Å². The molecule has 2 N–H and O–H groups in total. The summed E-state index contributed by atoms with van der Waals surface area (Å²) >= 11 is 2.07. The van der Waals surface area contributed by atoms with E-state index >= 15 is 0 Å². The molecule has 2 aliphatic heterocycles. The van der Waals surface area contributed by atoms with Crippen molar-refractivity contribution in [1.29, 1.82) is 0 Å². The number of rotatable bonds is 7. The van der Waals surface area contributed by atoms with E-state index in [-0.39, 0.29) is 30.7 Å². The first-order chi connectivity index (χ1) is 21.2. The number of aromatic hydroxyl groups is 1. The number of benzene rings is 3. The van der Waals surface area contributed by atoms with Gasteiger partial charge in [-0.25, -0.2) is 9.69 Å². The highest BCUT2D eigenvalue weighted by Crippen LogP contribution is 2.54. The predicted octanol–water partition coefficient (Wildman–Crippen LogP) is 4.54. The number of carbonyl (C=O) groups excluding carboxylic acids is 4. The molecule has 1 fully saturated rings. The summed E-state index contributed by atoms with van der Waals surface area (Å²) in [7, 11) is 0. The van der Waals surface area contributed by atoms with E-state index in [1.165, 1.54) is 33.7 Å². The Balaban J connectivity index is 1.33. The van der Waals surface area contributed by atoms with Crippen LogP contribution in [0.3, 0.4) is 0 Å². The van der Waals surface area contributed by atoms with Crippen LogP contribution in [0.15, 0.2) is 82.6 Å². The molecule has 224 valence electrons. The van der Waals surface area contributed by atoms with Gasteiger partial charge >= 0.3 is 10.8 Å². The number of esters is 1. The number of nitrogens with zero attached hydrogens (tertiary/aromatic N) is 2. The van der Waals surface area contributed by atoms with E-state index in [0.717, 1.165) is 28.7 Å². The molecule has 2 unspecified atom stereocenters. The zero-order chi connectivity index (χ0) is 31.1. The van der Waals surface area contributed by atoms with E-state index in [2.05, 4.69) is 5.32 Å². The number of thiazole rings is 1. The lowest BCUT2D eigenvalue weighted by Crippen LogP contribution is -2.33. The van der Waals surface area contributed by atoms with Crippen molar-refractivity contribution >= 4 is 58.2 Å². The second kappa shape index (κ2) is 11.8. The van der Waals surface area contributed by atoms with Gasteiger partial charge in [-0.05, 0) is 67.9 Å². The third kappa shape index (κ3) is 5.31. The van der Waals surface area contributed by atoms with Gasteiger partial charge in [0.25, 0.3) is 0 Å². The molecule has 10 nitrogen and oxygen atoms in total. The van der Waals surface area contributed by atoms with Crippen LogP contribution < -0.4 is 15.1 Å². The number of thioether (sulfide) groups is 1. The number of hydrogen-bond acceptors (Lipinski definition) is 9. The summed E-state index contributed by atoms with van der Waals surface area (Å²) in [6.45, 7) is 3.55. The van der Waals surface area contributed by atoms with Crippen LogP contribution in [0, 0.1) is 12.8 Å². The van der Waals surface area contributed by atoms with Crippen molar-refractivity contribution in [2.75, 3.05) is 16.8 Å². The Morgan fingerprint density at radius 2 is 1.61 bits per heavy atom. The second-order valence-electron chi connectivity index (χ2n) is 10.5. The summed E-state index contributed by atoms with van der Waals surface area (Å²) in [5.74, 6) is -3.08. The number of amides is 3. The molecule has 3 aromatic carbocycles. The normalized spacial score (nSPS) is 19.0. The van der Waals surface area contributed by atoms with Crippen LogP contribution in [-0.2, 0) is 25.7 Å². The predicted molar refractivity (Wildman–Crippen MR) is 166 cm³/mol. The van der Waals surface area contributed by atoms with E-state index in [9.17, 15) is 29.1 Å². The Bertz CT molecular complexity index is 1830. The van der Waals surface area contributed by atoms with Gasteiger partial charge in [0.05, 0.1) is 28.8 Å². The molecule has 1 saturated heterocycles. The minimum Gasteiger partial charge on any atom is -0.508 e. The van der Waals surface area contributed by atoms with E-state index in [0.29, 0.717) is 32.4 Å². The van der Waals surface area contributed by atoms with Gasteiger partial charge in [-0.15, -0.1) is 0 Å². The number of aryl methyl sites for hydroxylation is 1. The van der Waals surface area contributed by atoms with Crippen LogP contribution in [0.1, 0.15) is 39.2 Å². The highest BCUT2D eigenvalue weighted by Gasteiger charge is 2.56. The van der Waals surface area contributed by atoms with E-state index in [1.807, 2.05) is 19.1 Å². The van der Waals surface area contributed by atoms with Crippen LogP contribution in [0.4, 0.5) is 11.4 Å². The second-order valence-corrected chi connectivity index (χ2v) is 12.6. The van der Waals surface area contributed by atoms with Crippen molar-refractivity contribution in [3.8, 4) is 5.75 Å². The fourth-order valence-electron chi connectivity index (χ4n) is 5.49. The van der Waals surface area contributed by atoms with E-state index in [1.54, 1.807) is 43.3 Å².